The number of carboxylic acid groups (broad SMARTS) is 2. The Balaban J connectivity index is 0.000000148. The van der Waals surface area contributed by atoms with Gasteiger partial charge in [-0.1, -0.05) is 85.2 Å². The van der Waals surface area contributed by atoms with Crippen molar-refractivity contribution in [1.82, 2.24) is 10.3 Å². The topological polar surface area (TPSA) is 248 Å². The van der Waals surface area contributed by atoms with Gasteiger partial charge in [0.05, 0.1) is 52.0 Å². The largest absolute Gasteiger partial charge is 0.481 e. The maximum atomic E-state index is 12.7. The number of hydrogen-bond donors (Lipinski definition) is 2. The number of Topliss-reactive ketones (excluding diaryl/α,β-unsaturated/α-hetero) is 4. The van der Waals surface area contributed by atoms with Crippen LogP contribution in [0.25, 0.3) is 0 Å². The normalized spacial score (nSPS) is 18.8. The second-order valence-corrected chi connectivity index (χ2v) is 25.1. The monoisotopic (exact) mass is 1110 g/mol. The van der Waals surface area contributed by atoms with Crippen molar-refractivity contribution in [3.63, 3.8) is 0 Å². The van der Waals surface area contributed by atoms with Gasteiger partial charge in [-0.25, -0.2) is 14.4 Å². The third-order valence-electron chi connectivity index (χ3n) is 15.1. The molecule has 16 nitrogen and oxygen atoms in total. The number of rotatable bonds is 15. The number of hydrogen-bond acceptors (Lipinski definition) is 14. The first-order valence-corrected chi connectivity index (χ1v) is 28.6. The third-order valence-corrected chi connectivity index (χ3v) is 15.1. The van der Waals surface area contributed by atoms with E-state index in [1.165, 1.54) is 38.5 Å². The molecule has 2 aromatic heterocycles. The van der Waals surface area contributed by atoms with Gasteiger partial charge >= 0.3 is 23.9 Å². The Morgan fingerprint density at radius 1 is 0.481 bits per heavy atom. The number of ketones is 4. The first kappa shape index (κ1) is 59.8. The SMILES string of the molecule is CC(C)(C)OC(=O)c1ccc(CC(=O)O)cc1.CC(C)(C)OC(=O)c1ccc(Cc2onc3c2C(=O)CC(CC2CC2)C3)cc1.O=C(O)c1ccc(Cc2onc3c2C(=O)CC(CC2CC2)C3)cc1.O=C1CC(=O)CC(CC2CC2)C1. The molecule has 3 aromatic carbocycles. The average molecular weight is 1110 g/mol. The van der Waals surface area contributed by atoms with Crippen molar-refractivity contribution in [2.75, 3.05) is 0 Å². The van der Waals surface area contributed by atoms with Crippen LogP contribution in [0.15, 0.2) is 81.8 Å². The molecule has 0 aliphatic heterocycles. The maximum Gasteiger partial charge on any atom is 0.338 e. The van der Waals surface area contributed by atoms with Crippen LogP contribution in [0.2, 0.25) is 0 Å². The van der Waals surface area contributed by atoms with Gasteiger partial charge in [-0.2, -0.15) is 0 Å². The lowest BCUT2D eigenvalue weighted by Crippen LogP contribution is -2.23. The van der Waals surface area contributed by atoms with Gasteiger partial charge < -0.3 is 28.7 Å². The number of carbonyl (C=O) groups excluding carboxylic acids is 6. The van der Waals surface area contributed by atoms with E-state index < -0.39 is 29.1 Å². The van der Waals surface area contributed by atoms with E-state index in [0.29, 0.717) is 95.6 Å². The van der Waals surface area contributed by atoms with Crippen LogP contribution < -0.4 is 0 Å². The Hall–Kier alpha value is -7.36. The molecular weight excluding hydrogens is 1030 g/mol. The van der Waals surface area contributed by atoms with E-state index >= 15 is 0 Å². The van der Waals surface area contributed by atoms with Gasteiger partial charge in [-0.15, -0.1) is 0 Å². The molecule has 4 fully saturated rings. The lowest BCUT2D eigenvalue weighted by Gasteiger charge is -2.20. The Morgan fingerprint density at radius 3 is 1.16 bits per heavy atom. The van der Waals surface area contributed by atoms with Crippen molar-refractivity contribution in [2.45, 2.75) is 175 Å². The minimum absolute atomic E-state index is 0.0470. The zero-order valence-corrected chi connectivity index (χ0v) is 47.5. The van der Waals surface area contributed by atoms with Crippen LogP contribution in [-0.2, 0) is 56.0 Å². The predicted octanol–water partition coefficient (Wildman–Crippen LogP) is 12.3. The standard InChI is InChI=1S/C23H27NO4.C19H19NO4.C13H16O4.C10H14O2/c1-23(2,3)27-22(26)17-8-6-15(7-9-17)13-20-21-18(24-28-20)11-16(12-19(21)25)10-14-4-5-14;21-16-9-13(7-11-1-2-11)8-15-18(16)17(24-20-15)10-12-3-5-14(6-4-12)19(22)23;1-13(2,3)17-12(16)10-6-4-9(5-7-10)8-11(14)15;11-9-4-8(3-7-1-2-7)5-10(12)6-9/h6-9,14,16H,4-5,10-13H2,1-3H3;3-6,11,13H,1-2,7-10H2,(H,22,23);4-7H,8H2,1-3H3,(H,14,15);7-8H,1-6H2. The van der Waals surface area contributed by atoms with Gasteiger partial charge in [-0.3, -0.25) is 24.0 Å². The van der Waals surface area contributed by atoms with Gasteiger partial charge in [0.25, 0.3) is 0 Å². The summed E-state index contributed by atoms with van der Waals surface area (Å²) in [5.41, 5.74) is 5.63. The van der Waals surface area contributed by atoms with E-state index in [4.69, 9.17) is 28.7 Å². The summed E-state index contributed by atoms with van der Waals surface area (Å²) in [5.74, 6) is 2.96. The van der Waals surface area contributed by atoms with E-state index in [1.54, 1.807) is 81.4 Å². The first-order chi connectivity index (χ1) is 38.4. The molecule has 430 valence electrons. The number of nitrogens with zero attached hydrogens (tertiary/aromatic N) is 2. The van der Waals surface area contributed by atoms with Crippen molar-refractivity contribution in [1.29, 1.82) is 0 Å². The highest BCUT2D eigenvalue weighted by molar-refractivity contribution is 6.02. The van der Waals surface area contributed by atoms with Crippen molar-refractivity contribution >= 4 is 47.0 Å². The molecule has 0 spiro atoms. The fourth-order valence-corrected chi connectivity index (χ4v) is 10.9. The summed E-state index contributed by atoms with van der Waals surface area (Å²) in [5, 5.41) is 25.9. The van der Waals surface area contributed by atoms with Crippen molar-refractivity contribution in [3.8, 4) is 0 Å². The molecule has 6 aliphatic carbocycles. The van der Waals surface area contributed by atoms with Crippen LogP contribution >= 0.6 is 0 Å². The van der Waals surface area contributed by atoms with Gasteiger partial charge in [0.1, 0.15) is 22.8 Å². The fourth-order valence-electron chi connectivity index (χ4n) is 10.9. The fraction of sp³-hybridized carbons (Fsp3) is 0.508. The summed E-state index contributed by atoms with van der Waals surface area (Å²) in [7, 11) is 0. The van der Waals surface area contributed by atoms with E-state index in [2.05, 4.69) is 10.3 Å². The summed E-state index contributed by atoms with van der Waals surface area (Å²) in [6.45, 7) is 10.9. The minimum Gasteiger partial charge on any atom is -0.481 e. The first-order valence-electron chi connectivity index (χ1n) is 28.6. The molecule has 11 rings (SSSR count). The van der Waals surface area contributed by atoms with Crippen LogP contribution in [0, 0.1) is 35.5 Å². The zero-order chi connectivity index (χ0) is 58.2. The highest BCUT2D eigenvalue weighted by Gasteiger charge is 2.37. The van der Waals surface area contributed by atoms with Crippen LogP contribution in [0.4, 0.5) is 0 Å². The second kappa shape index (κ2) is 26.0. The number of aliphatic carboxylic acids is 1. The number of carbonyl (C=O) groups is 8. The molecule has 2 N–H and O–H groups in total. The lowest BCUT2D eigenvalue weighted by molar-refractivity contribution is -0.136. The number of aromatic nitrogens is 2. The van der Waals surface area contributed by atoms with Gasteiger partial charge in [0.2, 0.25) is 0 Å². The Labute approximate surface area is 473 Å². The molecule has 6 aliphatic rings. The van der Waals surface area contributed by atoms with Crippen molar-refractivity contribution < 1.29 is 67.1 Å². The van der Waals surface area contributed by atoms with E-state index in [0.717, 1.165) is 72.4 Å². The van der Waals surface area contributed by atoms with E-state index in [-0.39, 0.29) is 47.5 Å². The van der Waals surface area contributed by atoms with Crippen LogP contribution in [-0.4, -0.2) is 78.7 Å². The highest BCUT2D eigenvalue weighted by Crippen LogP contribution is 2.42. The van der Waals surface area contributed by atoms with Crippen LogP contribution in [0.1, 0.15) is 223 Å². The Bertz CT molecular complexity index is 3070. The van der Waals surface area contributed by atoms with Gasteiger partial charge in [0, 0.05) is 38.5 Å². The number of esters is 2. The molecule has 5 aromatic rings. The van der Waals surface area contributed by atoms with Gasteiger partial charge in [-0.05, 0) is 162 Å². The lowest BCUT2D eigenvalue weighted by atomic mass is 9.82. The number of aromatic carboxylic acids is 1. The quantitative estimate of drug-likeness (QED) is 0.0730. The smallest absolute Gasteiger partial charge is 0.338 e. The predicted molar refractivity (Wildman–Crippen MR) is 298 cm³/mol. The van der Waals surface area contributed by atoms with Gasteiger partial charge in [0.15, 0.2) is 23.1 Å². The average Bonchev–Trinajstić information content (AvgIpc) is 4.47. The number of carboxylic acids is 2. The summed E-state index contributed by atoms with van der Waals surface area (Å²) in [4.78, 5) is 92.5. The maximum absolute atomic E-state index is 12.7. The summed E-state index contributed by atoms with van der Waals surface area (Å²) in [6, 6.07) is 20.3. The molecular formula is C65H76N2O14. The molecule has 81 heavy (non-hydrogen) atoms. The number of benzene rings is 3. The third kappa shape index (κ3) is 18.6. The molecule has 2 heterocycles. The van der Waals surface area contributed by atoms with E-state index in [9.17, 15) is 38.4 Å². The Morgan fingerprint density at radius 2 is 0.827 bits per heavy atom. The van der Waals surface area contributed by atoms with E-state index in [1.807, 2.05) is 32.9 Å². The summed E-state index contributed by atoms with van der Waals surface area (Å²) in [6.07, 6.45) is 16.6. The highest BCUT2D eigenvalue weighted by atomic mass is 16.6. The van der Waals surface area contributed by atoms with Crippen LogP contribution in [0.3, 0.4) is 0 Å². The molecule has 0 saturated heterocycles. The molecule has 16 heteroatoms. The second-order valence-electron chi connectivity index (χ2n) is 25.1. The van der Waals surface area contributed by atoms with Crippen molar-refractivity contribution in [3.05, 3.63) is 140 Å². The molecule has 0 amide bonds. The summed E-state index contributed by atoms with van der Waals surface area (Å²) >= 11 is 0. The minimum atomic E-state index is -0.949. The zero-order valence-electron chi connectivity index (χ0n) is 47.5. The molecule has 0 bridgehead atoms. The number of fused-ring (bicyclic) bond motifs is 2. The van der Waals surface area contributed by atoms with Crippen molar-refractivity contribution in [2.24, 2.45) is 35.5 Å². The molecule has 0 radical (unpaired) electrons. The summed E-state index contributed by atoms with van der Waals surface area (Å²) < 4.78 is 21.6. The molecule has 2 unspecified atom stereocenters. The Kier molecular flexibility index (Phi) is 19.2. The van der Waals surface area contributed by atoms with Crippen LogP contribution in [0.5, 0.6) is 0 Å². The molecule has 4 saturated carbocycles. The number of ether oxygens (including phenoxy) is 2. The molecule has 2 atom stereocenters.